The molecule has 202 valence electrons. The molecule has 8 aromatic rings. The molecular weight excluding hydrogens is 522 g/mol. The molecular formula is C40H27N3. The van der Waals surface area contributed by atoms with Crippen LogP contribution in [0.25, 0.3) is 72.3 Å². The topological polar surface area (TPSA) is 30.2 Å². The molecule has 0 N–H and O–H groups in total. The second-order valence-corrected chi connectivity index (χ2v) is 10.8. The molecule has 3 heterocycles. The number of hydrogen-bond donors (Lipinski definition) is 0. The molecule has 0 bridgehead atoms. The molecule has 0 aliphatic heterocycles. The van der Waals surface area contributed by atoms with E-state index in [2.05, 4.69) is 143 Å². The van der Waals surface area contributed by atoms with Gasteiger partial charge in [0, 0.05) is 35.3 Å². The van der Waals surface area contributed by atoms with Crippen LogP contribution in [0.15, 0.2) is 164 Å². The Morgan fingerprint density at radius 2 is 1.14 bits per heavy atom. The summed E-state index contributed by atoms with van der Waals surface area (Å²) in [6.45, 7) is 0. The Kier molecular flexibility index (Phi) is 6.12. The number of fused-ring (bicyclic) bond motifs is 2. The van der Waals surface area contributed by atoms with E-state index in [0.29, 0.717) is 0 Å². The summed E-state index contributed by atoms with van der Waals surface area (Å²) >= 11 is 0. The standard InChI is InChI=1S/C40H27N3/c1-2-12-29(13-3-1)39-40(43-22-7-6-20-38(43)42-39)31-16-8-15-30(23-31)33-24-34(32-17-10-21-41-27-32)26-35(25-33)37-19-9-14-28-11-4-5-18-36(28)37/h1-27H. The van der Waals surface area contributed by atoms with Gasteiger partial charge in [0.05, 0.1) is 11.4 Å². The Morgan fingerprint density at radius 3 is 2.02 bits per heavy atom. The Hall–Kier alpha value is -5.80. The van der Waals surface area contributed by atoms with Gasteiger partial charge in [-0.15, -0.1) is 0 Å². The van der Waals surface area contributed by atoms with Crippen LogP contribution in [0.5, 0.6) is 0 Å². The SMILES string of the molecule is c1ccc(-c2nc3ccccn3c2-c2cccc(-c3cc(-c4cccnc4)cc(-c4cccc5ccccc45)c3)c2)cc1. The number of hydrogen-bond acceptors (Lipinski definition) is 2. The van der Waals surface area contributed by atoms with Crippen LogP contribution < -0.4 is 0 Å². The van der Waals surface area contributed by atoms with E-state index in [9.17, 15) is 0 Å². The smallest absolute Gasteiger partial charge is 0.137 e. The lowest BCUT2D eigenvalue weighted by molar-refractivity contribution is 1.19. The van der Waals surface area contributed by atoms with E-state index in [1.807, 2.05) is 30.6 Å². The maximum Gasteiger partial charge on any atom is 0.137 e. The van der Waals surface area contributed by atoms with E-state index < -0.39 is 0 Å². The fourth-order valence-corrected chi connectivity index (χ4v) is 6.04. The fraction of sp³-hybridized carbons (Fsp3) is 0. The second kappa shape index (κ2) is 10.6. The van der Waals surface area contributed by atoms with Crippen LogP contribution in [0.1, 0.15) is 0 Å². The molecule has 43 heavy (non-hydrogen) atoms. The highest BCUT2D eigenvalue weighted by atomic mass is 15.0. The van der Waals surface area contributed by atoms with Crippen molar-refractivity contribution in [1.82, 2.24) is 14.4 Å². The molecule has 0 atom stereocenters. The maximum absolute atomic E-state index is 5.05. The molecule has 3 aromatic heterocycles. The average Bonchev–Trinajstić information content (AvgIpc) is 3.48. The van der Waals surface area contributed by atoms with Crippen molar-refractivity contribution in [2.45, 2.75) is 0 Å². The molecule has 0 saturated carbocycles. The number of rotatable bonds is 5. The molecule has 0 unspecified atom stereocenters. The predicted octanol–water partition coefficient (Wildman–Crippen LogP) is 10.2. The minimum absolute atomic E-state index is 0.929. The highest BCUT2D eigenvalue weighted by molar-refractivity contribution is 5.98. The van der Waals surface area contributed by atoms with Crippen LogP contribution in [-0.4, -0.2) is 14.4 Å². The van der Waals surface area contributed by atoms with Gasteiger partial charge in [-0.3, -0.25) is 9.38 Å². The van der Waals surface area contributed by atoms with Gasteiger partial charge in [-0.25, -0.2) is 4.98 Å². The quantitative estimate of drug-likeness (QED) is 0.214. The zero-order valence-electron chi connectivity index (χ0n) is 23.4. The third-order valence-electron chi connectivity index (χ3n) is 8.08. The van der Waals surface area contributed by atoms with Gasteiger partial charge in [0.25, 0.3) is 0 Å². The van der Waals surface area contributed by atoms with Crippen LogP contribution in [0.2, 0.25) is 0 Å². The van der Waals surface area contributed by atoms with Crippen LogP contribution >= 0.6 is 0 Å². The molecule has 0 aliphatic rings. The number of pyridine rings is 2. The van der Waals surface area contributed by atoms with Crippen molar-refractivity contribution in [2.75, 3.05) is 0 Å². The molecule has 0 aliphatic carbocycles. The van der Waals surface area contributed by atoms with Gasteiger partial charge in [0.15, 0.2) is 0 Å². The first kappa shape index (κ1) is 25.0. The summed E-state index contributed by atoms with van der Waals surface area (Å²) in [5, 5.41) is 2.47. The minimum Gasteiger partial charge on any atom is -0.299 e. The van der Waals surface area contributed by atoms with Gasteiger partial charge >= 0.3 is 0 Å². The third kappa shape index (κ3) is 4.58. The zero-order chi connectivity index (χ0) is 28.6. The number of imidazole rings is 1. The van der Waals surface area contributed by atoms with Crippen LogP contribution in [0.3, 0.4) is 0 Å². The highest BCUT2D eigenvalue weighted by Crippen LogP contribution is 2.38. The Morgan fingerprint density at radius 1 is 0.465 bits per heavy atom. The number of aromatic nitrogens is 3. The summed E-state index contributed by atoms with van der Waals surface area (Å²) in [5.41, 5.74) is 12.1. The van der Waals surface area contributed by atoms with Crippen LogP contribution in [0.4, 0.5) is 0 Å². The van der Waals surface area contributed by atoms with E-state index in [4.69, 9.17) is 4.98 Å². The first-order valence-electron chi connectivity index (χ1n) is 14.5. The molecule has 0 amide bonds. The van der Waals surface area contributed by atoms with Crippen molar-refractivity contribution in [3.63, 3.8) is 0 Å². The summed E-state index contributed by atoms with van der Waals surface area (Å²) in [6.07, 6.45) is 5.86. The first-order valence-corrected chi connectivity index (χ1v) is 14.5. The van der Waals surface area contributed by atoms with Crippen molar-refractivity contribution in [1.29, 1.82) is 0 Å². The molecule has 0 fully saturated rings. The monoisotopic (exact) mass is 549 g/mol. The zero-order valence-corrected chi connectivity index (χ0v) is 23.4. The Labute approximate surface area is 250 Å². The first-order chi connectivity index (χ1) is 21.3. The van der Waals surface area contributed by atoms with Gasteiger partial charge in [0.1, 0.15) is 5.65 Å². The third-order valence-corrected chi connectivity index (χ3v) is 8.08. The maximum atomic E-state index is 5.05. The molecule has 5 aromatic carbocycles. The summed E-state index contributed by atoms with van der Waals surface area (Å²) in [5.74, 6) is 0. The summed E-state index contributed by atoms with van der Waals surface area (Å²) in [7, 11) is 0. The summed E-state index contributed by atoms with van der Waals surface area (Å²) in [6, 6.07) is 51.5. The summed E-state index contributed by atoms with van der Waals surface area (Å²) < 4.78 is 2.19. The van der Waals surface area contributed by atoms with Crippen molar-refractivity contribution in [3.8, 4) is 55.9 Å². The molecule has 3 heteroatoms. The van der Waals surface area contributed by atoms with Gasteiger partial charge < -0.3 is 0 Å². The highest BCUT2D eigenvalue weighted by Gasteiger charge is 2.17. The lowest BCUT2D eigenvalue weighted by atomic mass is 9.91. The Bertz CT molecular complexity index is 2230. The molecule has 0 saturated heterocycles. The Balaban J connectivity index is 1.34. The number of benzene rings is 5. The van der Waals surface area contributed by atoms with E-state index in [0.717, 1.165) is 50.4 Å². The summed E-state index contributed by atoms with van der Waals surface area (Å²) in [4.78, 5) is 9.48. The van der Waals surface area contributed by atoms with Gasteiger partial charge in [-0.2, -0.15) is 0 Å². The van der Waals surface area contributed by atoms with E-state index in [1.54, 1.807) is 0 Å². The average molecular weight is 550 g/mol. The van der Waals surface area contributed by atoms with Crippen LogP contribution in [0, 0.1) is 0 Å². The molecule has 8 rings (SSSR count). The van der Waals surface area contributed by atoms with Gasteiger partial charge in [0.2, 0.25) is 0 Å². The van der Waals surface area contributed by atoms with Crippen molar-refractivity contribution < 1.29 is 0 Å². The largest absolute Gasteiger partial charge is 0.299 e. The van der Waals surface area contributed by atoms with Crippen LogP contribution in [-0.2, 0) is 0 Å². The second-order valence-electron chi connectivity index (χ2n) is 10.8. The van der Waals surface area contributed by atoms with Crippen molar-refractivity contribution >= 4 is 16.4 Å². The van der Waals surface area contributed by atoms with Gasteiger partial charge in [-0.05, 0) is 81.1 Å². The van der Waals surface area contributed by atoms with E-state index in [-0.39, 0.29) is 0 Å². The predicted molar refractivity (Wildman–Crippen MR) is 178 cm³/mol. The lowest BCUT2D eigenvalue weighted by Gasteiger charge is -2.14. The molecule has 0 radical (unpaired) electrons. The minimum atomic E-state index is 0.929. The van der Waals surface area contributed by atoms with Crippen molar-refractivity contribution in [2.24, 2.45) is 0 Å². The lowest BCUT2D eigenvalue weighted by Crippen LogP contribution is -1.91. The normalized spacial score (nSPS) is 11.3. The van der Waals surface area contributed by atoms with E-state index >= 15 is 0 Å². The molecule has 3 nitrogen and oxygen atoms in total. The van der Waals surface area contributed by atoms with Crippen molar-refractivity contribution in [3.05, 3.63) is 164 Å². The van der Waals surface area contributed by atoms with Gasteiger partial charge in [-0.1, -0.05) is 103 Å². The molecule has 0 spiro atoms. The number of nitrogens with zero attached hydrogens (tertiary/aromatic N) is 3. The van der Waals surface area contributed by atoms with E-state index in [1.165, 1.54) is 21.9 Å². The fourth-order valence-electron chi connectivity index (χ4n) is 6.04.